The van der Waals surface area contributed by atoms with Gasteiger partial charge in [-0.05, 0) is 36.6 Å². The molecule has 0 N–H and O–H groups in total. The highest BCUT2D eigenvalue weighted by atomic mass is 19.1. The molecule has 0 aliphatic heterocycles. The van der Waals surface area contributed by atoms with Gasteiger partial charge in [0.05, 0.1) is 17.7 Å². The van der Waals surface area contributed by atoms with Gasteiger partial charge in [0, 0.05) is 25.6 Å². The molecule has 1 aromatic carbocycles. The van der Waals surface area contributed by atoms with E-state index in [9.17, 15) is 4.39 Å². The lowest BCUT2D eigenvalue weighted by molar-refractivity contribution is 0.260. The number of rotatable bonds is 5. The Hall–Kier alpha value is -1.91. The minimum atomic E-state index is -0.375. The standard InChI is InChI=1S/C14H14FN3/c15-13-7-11(9-17)6-12(8-13)10-18(5-1-4-16)14-2-3-14/h6-8,14H,1-3,5,10H2. The van der Waals surface area contributed by atoms with Crippen molar-refractivity contribution in [2.24, 2.45) is 0 Å². The van der Waals surface area contributed by atoms with Gasteiger partial charge in [-0.2, -0.15) is 10.5 Å². The van der Waals surface area contributed by atoms with Crippen LogP contribution in [0.15, 0.2) is 18.2 Å². The molecule has 92 valence electrons. The molecule has 0 aromatic heterocycles. The Labute approximate surface area is 106 Å². The number of hydrogen-bond acceptors (Lipinski definition) is 3. The number of hydrogen-bond donors (Lipinski definition) is 0. The van der Waals surface area contributed by atoms with Gasteiger partial charge in [-0.3, -0.25) is 4.90 Å². The zero-order valence-corrected chi connectivity index (χ0v) is 10.1. The molecule has 4 heteroatoms. The van der Waals surface area contributed by atoms with E-state index < -0.39 is 0 Å². The van der Waals surface area contributed by atoms with E-state index >= 15 is 0 Å². The summed E-state index contributed by atoms with van der Waals surface area (Å²) in [5.41, 5.74) is 1.15. The Balaban J connectivity index is 2.09. The van der Waals surface area contributed by atoms with Gasteiger partial charge in [0.25, 0.3) is 0 Å². The van der Waals surface area contributed by atoms with Gasteiger partial charge in [0.1, 0.15) is 5.82 Å². The average molecular weight is 243 g/mol. The molecule has 0 heterocycles. The molecule has 1 aliphatic carbocycles. The molecular formula is C14H14FN3. The highest BCUT2D eigenvalue weighted by Gasteiger charge is 2.28. The normalized spacial score (nSPS) is 14.2. The van der Waals surface area contributed by atoms with Crippen LogP contribution < -0.4 is 0 Å². The van der Waals surface area contributed by atoms with Crippen molar-refractivity contribution < 1.29 is 4.39 Å². The third-order valence-electron chi connectivity index (χ3n) is 3.05. The van der Waals surface area contributed by atoms with Crippen LogP contribution in [0.1, 0.15) is 30.4 Å². The highest BCUT2D eigenvalue weighted by molar-refractivity contribution is 5.33. The van der Waals surface area contributed by atoms with Crippen LogP contribution in [0.5, 0.6) is 0 Å². The second kappa shape index (κ2) is 5.62. The van der Waals surface area contributed by atoms with E-state index in [1.165, 1.54) is 12.1 Å². The van der Waals surface area contributed by atoms with Crippen molar-refractivity contribution in [3.63, 3.8) is 0 Å². The Bertz CT molecular complexity index is 509. The maximum Gasteiger partial charge on any atom is 0.124 e. The third kappa shape index (κ3) is 3.29. The van der Waals surface area contributed by atoms with E-state index in [1.54, 1.807) is 6.07 Å². The molecular weight excluding hydrogens is 229 g/mol. The molecule has 1 aliphatic rings. The maximum absolute atomic E-state index is 13.3. The molecule has 1 fully saturated rings. The van der Waals surface area contributed by atoms with Crippen LogP contribution in [0.25, 0.3) is 0 Å². The average Bonchev–Trinajstić information content (AvgIpc) is 3.18. The lowest BCUT2D eigenvalue weighted by Gasteiger charge is -2.20. The Kier molecular flexibility index (Phi) is 3.92. The van der Waals surface area contributed by atoms with Crippen LogP contribution in [0.2, 0.25) is 0 Å². The van der Waals surface area contributed by atoms with Crippen LogP contribution in [0, 0.1) is 28.5 Å². The van der Waals surface area contributed by atoms with Crippen LogP contribution in [-0.2, 0) is 6.54 Å². The summed E-state index contributed by atoms with van der Waals surface area (Å²) in [6.07, 6.45) is 2.77. The smallest absolute Gasteiger partial charge is 0.124 e. The van der Waals surface area contributed by atoms with E-state index in [-0.39, 0.29) is 5.82 Å². The Morgan fingerprint density at radius 2 is 2.06 bits per heavy atom. The summed E-state index contributed by atoms with van der Waals surface area (Å²) >= 11 is 0. The lowest BCUT2D eigenvalue weighted by Crippen LogP contribution is -2.26. The molecule has 18 heavy (non-hydrogen) atoms. The van der Waals surface area contributed by atoms with Crippen molar-refractivity contribution in [2.45, 2.75) is 31.8 Å². The minimum absolute atomic E-state index is 0.348. The molecule has 2 rings (SSSR count). The van der Waals surface area contributed by atoms with Gasteiger partial charge in [0.2, 0.25) is 0 Å². The SMILES string of the molecule is N#CCCN(Cc1cc(F)cc(C#N)c1)C1CC1. The summed E-state index contributed by atoms with van der Waals surface area (Å²) in [5, 5.41) is 17.4. The molecule has 0 radical (unpaired) electrons. The predicted octanol–water partition coefficient (Wildman–Crippen LogP) is 2.58. The van der Waals surface area contributed by atoms with Crippen molar-refractivity contribution in [1.29, 1.82) is 10.5 Å². The fourth-order valence-electron chi connectivity index (χ4n) is 2.06. The van der Waals surface area contributed by atoms with Crippen molar-refractivity contribution in [3.05, 3.63) is 35.1 Å². The first-order valence-corrected chi connectivity index (χ1v) is 6.03. The molecule has 1 saturated carbocycles. The van der Waals surface area contributed by atoms with Crippen molar-refractivity contribution in [1.82, 2.24) is 4.90 Å². The van der Waals surface area contributed by atoms with Gasteiger partial charge in [-0.25, -0.2) is 4.39 Å². The summed E-state index contributed by atoms with van der Waals surface area (Å²) in [6.45, 7) is 1.32. The van der Waals surface area contributed by atoms with E-state index in [0.29, 0.717) is 31.1 Å². The van der Waals surface area contributed by atoms with Gasteiger partial charge < -0.3 is 0 Å². The number of nitrogens with zero attached hydrogens (tertiary/aromatic N) is 3. The highest BCUT2D eigenvalue weighted by Crippen LogP contribution is 2.28. The quantitative estimate of drug-likeness (QED) is 0.798. The van der Waals surface area contributed by atoms with Crippen LogP contribution in [0.3, 0.4) is 0 Å². The lowest BCUT2D eigenvalue weighted by atomic mass is 10.1. The molecule has 0 amide bonds. The van der Waals surface area contributed by atoms with E-state index in [1.807, 2.05) is 6.07 Å². The third-order valence-corrected chi connectivity index (χ3v) is 3.05. The number of halogens is 1. The largest absolute Gasteiger partial charge is 0.295 e. The number of benzene rings is 1. The first-order valence-electron chi connectivity index (χ1n) is 6.03. The van der Waals surface area contributed by atoms with E-state index in [0.717, 1.165) is 18.4 Å². The second-order valence-electron chi connectivity index (χ2n) is 4.57. The second-order valence-corrected chi connectivity index (χ2v) is 4.57. The molecule has 0 unspecified atom stereocenters. The summed E-state index contributed by atoms with van der Waals surface area (Å²) < 4.78 is 13.3. The molecule has 0 spiro atoms. The van der Waals surface area contributed by atoms with Gasteiger partial charge in [0.15, 0.2) is 0 Å². The monoisotopic (exact) mass is 243 g/mol. The number of nitriles is 2. The van der Waals surface area contributed by atoms with Gasteiger partial charge >= 0.3 is 0 Å². The molecule has 0 saturated heterocycles. The Morgan fingerprint density at radius 3 is 2.67 bits per heavy atom. The molecule has 0 atom stereocenters. The van der Waals surface area contributed by atoms with E-state index in [4.69, 9.17) is 10.5 Å². The predicted molar refractivity (Wildman–Crippen MR) is 64.8 cm³/mol. The summed E-state index contributed by atoms with van der Waals surface area (Å²) in [6, 6.07) is 9.02. The molecule has 1 aromatic rings. The van der Waals surface area contributed by atoms with Crippen LogP contribution in [-0.4, -0.2) is 17.5 Å². The topological polar surface area (TPSA) is 50.8 Å². The van der Waals surface area contributed by atoms with Crippen molar-refractivity contribution in [3.8, 4) is 12.1 Å². The molecule has 0 bridgehead atoms. The van der Waals surface area contributed by atoms with Crippen LogP contribution >= 0.6 is 0 Å². The first-order chi connectivity index (χ1) is 8.72. The zero-order chi connectivity index (χ0) is 13.0. The maximum atomic E-state index is 13.3. The summed E-state index contributed by atoms with van der Waals surface area (Å²) in [4.78, 5) is 2.19. The fraction of sp³-hybridized carbons (Fsp3) is 0.429. The summed E-state index contributed by atoms with van der Waals surface area (Å²) in [5.74, 6) is -0.375. The first kappa shape index (κ1) is 12.5. The van der Waals surface area contributed by atoms with Gasteiger partial charge in [-0.15, -0.1) is 0 Å². The zero-order valence-electron chi connectivity index (χ0n) is 10.1. The Morgan fingerprint density at radius 1 is 1.28 bits per heavy atom. The summed E-state index contributed by atoms with van der Waals surface area (Å²) in [7, 11) is 0. The van der Waals surface area contributed by atoms with E-state index in [2.05, 4.69) is 11.0 Å². The van der Waals surface area contributed by atoms with Crippen LogP contribution in [0.4, 0.5) is 4.39 Å². The van der Waals surface area contributed by atoms with Crippen molar-refractivity contribution >= 4 is 0 Å². The van der Waals surface area contributed by atoms with Gasteiger partial charge in [-0.1, -0.05) is 0 Å². The minimum Gasteiger partial charge on any atom is -0.295 e. The molecule has 3 nitrogen and oxygen atoms in total. The van der Waals surface area contributed by atoms with Crippen molar-refractivity contribution in [2.75, 3.05) is 6.54 Å². The fourth-order valence-corrected chi connectivity index (χ4v) is 2.06.